The van der Waals surface area contributed by atoms with E-state index in [0.29, 0.717) is 13.0 Å². The SMILES string of the molecule is NCCCc1c(N2CCCC2)nc2ccccn2c1=O. The summed E-state index contributed by atoms with van der Waals surface area (Å²) in [5.41, 5.74) is 7.17. The number of nitrogens with two attached hydrogens (primary N) is 1. The van der Waals surface area contributed by atoms with Crippen molar-refractivity contribution in [2.24, 2.45) is 5.73 Å². The molecule has 0 radical (unpaired) electrons. The molecule has 3 heterocycles. The molecular formula is C15H20N4O. The quantitative estimate of drug-likeness (QED) is 0.908. The van der Waals surface area contributed by atoms with Crippen LogP contribution < -0.4 is 16.2 Å². The molecule has 1 saturated heterocycles. The Labute approximate surface area is 118 Å². The number of fused-ring (bicyclic) bond motifs is 1. The van der Waals surface area contributed by atoms with E-state index < -0.39 is 0 Å². The van der Waals surface area contributed by atoms with Gasteiger partial charge in [0.1, 0.15) is 11.5 Å². The maximum atomic E-state index is 12.7. The lowest BCUT2D eigenvalue weighted by atomic mass is 10.1. The lowest BCUT2D eigenvalue weighted by Crippen LogP contribution is -2.28. The summed E-state index contributed by atoms with van der Waals surface area (Å²) in [5.74, 6) is 0.868. The van der Waals surface area contributed by atoms with Crippen LogP contribution in [0.2, 0.25) is 0 Å². The monoisotopic (exact) mass is 272 g/mol. The summed E-state index contributed by atoms with van der Waals surface area (Å²) in [4.78, 5) is 19.6. The molecule has 2 aromatic heterocycles. The van der Waals surface area contributed by atoms with Crippen LogP contribution in [-0.4, -0.2) is 29.0 Å². The van der Waals surface area contributed by atoms with Gasteiger partial charge in [-0.3, -0.25) is 9.20 Å². The van der Waals surface area contributed by atoms with Gasteiger partial charge in [0.2, 0.25) is 0 Å². The third kappa shape index (κ3) is 2.29. The Balaban J connectivity index is 2.16. The Kier molecular flexibility index (Phi) is 3.69. The molecule has 0 spiro atoms. The predicted octanol–water partition coefficient (Wildman–Crippen LogP) is 1.19. The minimum absolute atomic E-state index is 0.0472. The molecule has 0 aliphatic carbocycles. The normalized spacial score (nSPS) is 15.2. The molecule has 2 aromatic rings. The summed E-state index contributed by atoms with van der Waals surface area (Å²) in [6.07, 6.45) is 5.64. The fourth-order valence-corrected chi connectivity index (χ4v) is 2.80. The molecular weight excluding hydrogens is 252 g/mol. The van der Waals surface area contributed by atoms with Gasteiger partial charge in [0.05, 0.1) is 5.56 Å². The molecule has 5 heteroatoms. The van der Waals surface area contributed by atoms with E-state index in [1.165, 1.54) is 12.8 Å². The first-order valence-electron chi connectivity index (χ1n) is 7.26. The molecule has 0 atom stereocenters. The van der Waals surface area contributed by atoms with Crippen LogP contribution in [-0.2, 0) is 6.42 Å². The van der Waals surface area contributed by atoms with Gasteiger partial charge in [-0.2, -0.15) is 0 Å². The average Bonchev–Trinajstić information content (AvgIpc) is 3.00. The number of anilines is 1. The van der Waals surface area contributed by atoms with Crippen molar-refractivity contribution in [2.45, 2.75) is 25.7 Å². The Morgan fingerprint density at radius 2 is 2.05 bits per heavy atom. The largest absolute Gasteiger partial charge is 0.356 e. The van der Waals surface area contributed by atoms with Crippen LogP contribution in [0.15, 0.2) is 29.2 Å². The zero-order valence-corrected chi connectivity index (χ0v) is 11.6. The highest BCUT2D eigenvalue weighted by molar-refractivity contribution is 5.54. The number of hydrogen-bond acceptors (Lipinski definition) is 4. The predicted molar refractivity (Wildman–Crippen MR) is 80.3 cm³/mol. The first-order chi connectivity index (χ1) is 9.81. The second-order valence-corrected chi connectivity index (χ2v) is 5.23. The van der Waals surface area contributed by atoms with E-state index in [1.54, 1.807) is 10.6 Å². The lowest BCUT2D eigenvalue weighted by molar-refractivity contribution is 0.796. The van der Waals surface area contributed by atoms with E-state index in [-0.39, 0.29) is 5.56 Å². The molecule has 0 aromatic carbocycles. The summed E-state index contributed by atoms with van der Waals surface area (Å²) in [5, 5.41) is 0. The molecule has 1 aliphatic rings. The fourth-order valence-electron chi connectivity index (χ4n) is 2.80. The van der Waals surface area contributed by atoms with Crippen molar-refractivity contribution in [2.75, 3.05) is 24.5 Å². The molecule has 2 N–H and O–H groups in total. The van der Waals surface area contributed by atoms with Crippen LogP contribution in [0.25, 0.3) is 5.65 Å². The van der Waals surface area contributed by atoms with Gasteiger partial charge in [-0.25, -0.2) is 4.98 Å². The maximum absolute atomic E-state index is 12.7. The van der Waals surface area contributed by atoms with E-state index in [4.69, 9.17) is 10.7 Å². The first kappa shape index (κ1) is 13.1. The van der Waals surface area contributed by atoms with Gasteiger partial charge in [0.15, 0.2) is 0 Å². The van der Waals surface area contributed by atoms with Gasteiger partial charge in [-0.1, -0.05) is 6.07 Å². The Morgan fingerprint density at radius 3 is 2.80 bits per heavy atom. The third-order valence-electron chi connectivity index (χ3n) is 3.84. The van der Waals surface area contributed by atoms with Gasteiger partial charge >= 0.3 is 0 Å². The van der Waals surface area contributed by atoms with Crippen molar-refractivity contribution in [1.82, 2.24) is 9.38 Å². The van der Waals surface area contributed by atoms with E-state index in [1.807, 2.05) is 18.2 Å². The topological polar surface area (TPSA) is 63.6 Å². The molecule has 106 valence electrons. The summed E-state index contributed by atoms with van der Waals surface area (Å²) in [7, 11) is 0. The molecule has 0 unspecified atom stereocenters. The van der Waals surface area contributed by atoms with Gasteiger partial charge in [-0.15, -0.1) is 0 Å². The average molecular weight is 272 g/mol. The molecule has 0 saturated carbocycles. The van der Waals surface area contributed by atoms with E-state index in [0.717, 1.165) is 36.5 Å². The van der Waals surface area contributed by atoms with Crippen LogP contribution in [0, 0.1) is 0 Å². The molecule has 0 bridgehead atoms. The minimum Gasteiger partial charge on any atom is -0.356 e. The summed E-state index contributed by atoms with van der Waals surface area (Å²) in [6, 6.07) is 5.65. The molecule has 0 amide bonds. The number of pyridine rings is 1. The third-order valence-corrected chi connectivity index (χ3v) is 3.84. The zero-order valence-electron chi connectivity index (χ0n) is 11.6. The number of hydrogen-bond donors (Lipinski definition) is 1. The second-order valence-electron chi connectivity index (χ2n) is 5.23. The summed E-state index contributed by atoms with van der Waals surface area (Å²) >= 11 is 0. The summed E-state index contributed by atoms with van der Waals surface area (Å²) in [6.45, 7) is 2.58. The van der Waals surface area contributed by atoms with Crippen LogP contribution >= 0.6 is 0 Å². The van der Waals surface area contributed by atoms with Crippen molar-refractivity contribution in [1.29, 1.82) is 0 Å². The molecule has 5 nitrogen and oxygen atoms in total. The number of rotatable bonds is 4. The van der Waals surface area contributed by atoms with E-state index in [9.17, 15) is 4.79 Å². The van der Waals surface area contributed by atoms with Crippen molar-refractivity contribution >= 4 is 11.5 Å². The van der Waals surface area contributed by atoms with Crippen molar-refractivity contribution < 1.29 is 0 Å². The van der Waals surface area contributed by atoms with Crippen LogP contribution in [0.5, 0.6) is 0 Å². The van der Waals surface area contributed by atoms with Crippen molar-refractivity contribution in [3.05, 3.63) is 40.3 Å². The van der Waals surface area contributed by atoms with Crippen molar-refractivity contribution in [3.63, 3.8) is 0 Å². The Bertz CT molecular complexity index is 658. The first-order valence-corrected chi connectivity index (χ1v) is 7.26. The highest BCUT2D eigenvalue weighted by Crippen LogP contribution is 2.22. The number of aromatic nitrogens is 2. The second kappa shape index (κ2) is 5.63. The zero-order chi connectivity index (χ0) is 13.9. The highest BCUT2D eigenvalue weighted by atomic mass is 16.1. The van der Waals surface area contributed by atoms with Crippen molar-refractivity contribution in [3.8, 4) is 0 Å². The standard InChI is InChI=1S/C15H20N4O/c16-8-5-6-12-14(18-9-3-4-10-18)17-13-7-1-2-11-19(13)15(12)20/h1-2,7,11H,3-6,8-10,16H2. The molecule has 3 rings (SSSR count). The van der Waals surface area contributed by atoms with Crippen LogP contribution in [0.4, 0.5) is 5.82 Å². The Morgan fingerprint density at radius 1 is 1.25 bits per heavy atom. The van der Waals surface area contributed by atoms with E-state index in [2.05, 4.69) is 4.90 Å². The van der Waals surface area contributed by atoms with Gasteiger partial charge < -0.3 is 10.6 Å². The summed E-state index contributed by atoms with van der Waals surface area (Å²) < 4.78 is 1.63. The molecule has 1 fully saturated rings. The fraction of sp³-hybridized carbons (Fsp3) is 0.467. The smallest absolute Gasteiger partial charge is 0.263 e. The maximum Gasteiger partial charge on any atom is 0.263 e. The van der Waals surface area contributed by atoms with E-state index >= 15 is 0 Å². The van der Waals surface area contributed by atoms with Gasteiger partial charge in [0, 0.05) is 19.3 Å². The minimum atomic E-state index is 0.0472. The highest BCUT2D eigenvalue weighted by Gasteiger charge is 2.20. The van der Waals surface area contributed by atoms with Crippen LogP contribution in [0.3, 0.4) is 0 Å². The van der Waals surface area contributed by atoms with Gasteiger partial charge in [-0.05, 0) is 44.4 Å². The number of nitrogens with zero attached hydrogens (tertiary/aromatic N) is 3. The van der Waals surface area contributed by atoms with Crippen LogP contribution in [0.1, 0.15) is 24.8 Å². The molecule has 1 aliphatic heterocycles. The van der Waals surface area contributed by atoms with Gasteiger partial charge in [0.25, 0.3) is 5.56 Å². The molecule has 20 heavy (non-hydrogen) atoms. The lowest BCUT2D eigenvalue weighted by Gasteiger charge is -2.20. The Hall–Kier alpha value is -1.88.